The van der Waals surface area contributed by atoms with Gasteiger partial charge < -0.3 is 5.73 Å². The van der Waals surface area contributed by atoms with Crippen LogP contribution in [-0.4, -0.2) is 9.97 Å². The highest BCUT2D eigenvalue weighted by atomic mass is 79.9. The van der Waals surface area contributed by atoms with Gasteiger partial charge in [-0.05, 0) is 51.8 Å². The number of aryl methyl sites for hydroxylation is 1. The van der Waals surface area contributed by atoms with Crippen molar-refractivity contribution in [1.82, 2.24) is 9.97 Å². The van der Waals surface area contributed by atoms with Crippen LogP contribution in [0, 0.1) is 13.8 Å². The van der Waals surface area contributed by atoms with E-state index in [1.165, 1.54) is 0 Å². The van der Waals surface area contributed by atoms with Gasteiger partial charge in [0.05, 0.1) is 8.66 Å². The van der Waals surface area contributed by atoms with Crippen LogP contribution in [0.15, 0.2) is 14.3 Å². The second-order valence-corrected chi connectivity index (χ2v) is 6.60. The average molecular weight is 363 g/mol. The molecule has 0 amide bonds. The van der Waals surface area contributed by atoms with Gasteiger partial charge in [-0.2, -0.15) is 0 Å². The molecule has 3 nitrogen and oxygen atoms in total. The first-order valence-electron chi connectivity index (χ1n) is 4.55. The normalized spacial score (nSPS) is 10.8. The number of halogens is 2. The van der Waals surface area contributed by atoms with Gasteiger partial charge >= 0.3 is 0 Å². The Morgan fingerprint density at radius 2 is 1.94 bits per heavy atom. The third-order valence-corrected chi connectivity index (χ3v) is 5.54. The lowest BCUT2D eigenvalue weighted by molar-refractivity contribution is 1.08. The lowest BCUT2D eigenvalue weighted by Gasteiger charge is -2.04. The molecule has 0 unspecified atom stereocenters. The quantitative estimate of drug-likeness (QED) is 0.836. The fraction of sp³-hybridized carbons (Fsp3) is 0.200. The average Bonchev–Trinajstić information content (AvgIpc) is 2.55. The summed E-state index contributed by atoms with van der Waals surface area (Å²) in [5.74, 6) is 1.22. The molecule has 0 aliphatic carbocycles. The Kier molecular flexibility index (Phi) is 3.32. The zero-order chi connectivity index (χ0) is 11.9. The van der Waals surface area contributed by atoms with Gasteiger partial charge in [-0.25, -0.2) is 9.97 Å². The van der Waals surface area contributed by atoms with E-state index in [1.54, 1.807) is 11.3 Å². The Morgan fingerprint density at radius 3 is 2.44 bits per heavy atom. The lowest BCUT2D eigenvalue weighted by Crippen LogP contribution is -2.01. The van der Waals surface area contributed by atoms with E-state index >= 15 is 0 Å². The molecule has 0 atom stereocenters. The van der Waals surface area contributed by atoms with Gasteiger partial charge in [0.25, 0.3) is 0 Å². The fourth-order valence-corrected chi connectivity index (χ4v) is 3.19. The van der Waals surface area contributed by atoms with Crippen molar-refractivity contribution in [3.63, 3.8) is 0 Å². The molecular weight excluding hydrogens is 354 g/mol. The summed E-state index contributed by atoms with van der Waals surface area (Å²) in [5.41, 5.74) is 7.70. The molecule has 2 rings (SSSR count). The van der Waals surface area contributed by atoms with Crippen LogP contribution in [-0.2, 0) is 0 Å². The van der Waals surface area contributed by atoms with Crippen LogP contribution in [0.4, 0.5) is 5.82 Å². The topological polar surface area (TPSA) is 51.8 Å². The van der Waals surface area contributed by atoms with Crippen LogP contribution in [0.2, 0.25) is 0 Å². The monoisotopic (exact) mass is 361 g/mol. The maximum absolute atomic E-state index is 5.83. The molecule has 84 valence electrons. The van der Waals surface area contributed by atoms with E-state index < -0.39 is 0 Å². The highest BCUT2D eigenvalue weighted by Crippen LogP contribution is 2.37. The van der Waals surface area contributed by atoms with Crippen molar-refractivity contribution < 1.29 is 0 Å². The van der Waals surface area contributed by atoms with Crippen LogP contribution < -0.4 is 5.73 Å². The minimum absolute atomic E-state index is 0.545. The summed E-state index contributed by atoms with van der Waals surface area (Å²) in [6.07, 6.45) is 0. The van der Waals surface area contributed by atoms with Gasteiger partial charge in [-0.15, -0.1) is 11.3 Å². The Morgan fingerprint density at radius 1 is 1.25 bits per heavy atom. The Balaban J connectivity index is 2.56. The van der Waals surface area contributed by atoms with E-state index in [-0.39, 0.29) is 0 Å². The zero-order valence-electron chi connectivity index (χ0n) is 8.71. The van der Waals surface area contributed by atoms with Crippen LogP contribution in [0.25, 0.3) is 10.7 Å². The van der Waals surface area contributed by atoms with Crippen LogP contribution in [0.1, 0.15) is 11.3 Å². The summed E-state index contributed by atoms with van der Waals surface area (Å²) in [6, 6.07) is 1.98. The molecule has 6 heteroatoms. The number of nitrogens with two attached hydrogens (primary N) is 1. The Bertz CT molecular complexity index is 508. The molecule has 0 radical (unpaired) electrons. The number of nitrogen functional groups attached to an aromatic ring is 1. The van der Waals surface area contributed by atoms with Gasteiger partial charge in [0, 0.05) is 15.7 Å². The fourth-order valence-electron chi connectivity index (χ4n) is 1.22. The van der Waals surface area contributed by atoms with Gasteiger partial charge in [-0.1, -0.05) is 0 Å². The molecule has 2 aromatic rings. The van der Waals surface area contributed by atoms with Crippen molar-refractivity contribution in [2.45, 2.75) is 13.8 Å². The maximum atomic E-state index is 5.83. The molecule has 0 aliphatic heterocycles. The van der Waals surface area contributed by atoms with Gasteiger partial charge in [0.15, 0.2) is 5.82 Å². The number of thiophene rings is 1. The van der Waals surface area contributed by atoms with Gasteiger partial charge in [0.1, 0.15) is 5.82 Å². The molecule has 0 aromatic carbocycles. The Hall–Kier alpha value is -0.460. The number of anilines is 1. The molecule has 16 heavy (non-hydrogen) atoms. The lowest BCUT2D eigenvalue weighted by atomic mass is 10.2. The predicted octanol–water partition coefficient (Wildman–Crippen LogP) is 3.93. The van der Waals surface area contributed by atoms with Crippen molar-refractivity contribution >= 4 is 49.0 Å². The summed E-state index contributed by atoms with van der Waals surface area (Å²) >= 11 is 8.47. The van der Waals surface area contributed by atoms with E-state index in [0.29, 0.717) is 11.6 Å². The molecule has 2 heterocycles. The molecule has 0 spiro atoms. The van der Waals surface area contributed by atoms with E-state index in [0.717, 1.165) is 24.4 Å². The maximum Gasteiger partial charge on any atom is 0.171 e. The first-order valence-corrected chi connectivity index (χ1v) is 6.95. The minimum Gasteiger partial charge on any atom is -0.383 e. The third-order valence-electron chi connectivity index (χ3n) is 2.29. The molecule has 2 aromatic heterocycles. The highest BCUT2D eigenvalue weighted by Gasteiger charge is 2.11. The van der Waals surface area contributed by atoms with E-state index in [9.17, 15) is 0 Å². The summed E-state index contributed by atoms with van der Waals surface area (Å²) in [4.78, 5) is 9.72. The first-order chi connectivity index (χ1) is 7.49. The summed E-state index contributed by atoms with van der Waals surface area (Å²) in [7, 11) is 0. The molecule has 0 aliphatic rings. The first kappa shape index (κ1) is 12.0. The predicted molar refractivity (Wildman–Crippen MR) is 74.6 cm³/mol. The van der Waals surface area contributed by atoms with Crippen LogP contribution >= 0.6 is 43.2 Å². The van der Waals surface area contributed by atoms with Crippen molar-refractivity contribution in [3.8, 4) is 10.7 Å². The number of rotatable bonds is 1. The van der Waals surface area contributed by atoms with E-state index in [2.05, 4.69) is 41.8 Å². The largest absolute Gasteiger partial charge is 0.383 e. The molecule has 0 saturated carbocycles. The molecule has 0 bridgehead atoms. The van der Waals surface area contributed by atoms with Crippen LogP contribution in [0.5, 0.6) is 0 Å². The SMILES string of the molecule is Cc1nc(-c2cc(Br)c(Br)s2)nc(N)c1C. The smallest absolute Gasteiger partial charge is 0.171 e. The van der Waals surface area contributed by atoms with Crippen molar-refractivity contribution in [2.75, 3.05) is 5.73 Å². The number of hydrogen-bond acceptors (Lipinski definition) is 4. The standard InChI is InChI=1S/C10H9Br2N3S/c1-4-5(2)14-10(15-9(4)13)7-3-6(11)8(12)16-7/h3H,1-2H3,(H2,13,14,15). The molecule has 0 saturated heterocycles. The Labute approximate surface area is 114 Å². The minimum atomic E-state index is 0.545. The third kappa shape index (κ3) is 2.14. The van der Waals surface area contributed by atoms with E-state index in [4.69, 9.17) is 5.73 Å². The van der Waals surface area contributed by atoms with Gasteiger partial charge in [-0.3, -0.25) is 0 Å². The molecular formula is C10H9Br2N3S. The van der Waals surface area contributed by atoms with Gasteiger partial charge in [0.2, 0.25) is 0 Å². The summed E-state index contributed by atoms with van der Waals surface area (Å²) in [6.45, 7) is 3.86. The van der Waals surface area contributed by atoms with Crippen molar-refractivity contribution in [2.24, 2.45) is 0 Å². The van der Waals surface area contributed by atoms with Crippen LogP contribution in [0.3, 0.4) is 0 Å². The number of hydrogen-bond donors (Lipinski definition) is 1. The zero-order valence-corrected chi connectivity index (χ0v) is 12.7. The van der Waals surface area contributed by atoms with Crippen molar-refractivity contribution in [3.05, 3.63) is 25.6 Å². The molecule has 0 fully saturated rings. The number of aromatic nitrogens is 2. The second kappa shape index (κ2) is 4.43. The van der Waals surface area contributed by atoms with E-state index in [1.807, 2.05) is 19.9 Å². The summed E-state index contributed by atoms with van der Waals surface area (Å²) < 4.78 is 2.04. The number of nitrogens with zero attached hydrogens (tertiary/aromatic N) is 2. The highest BCUT2D eigenvalue weighted by molar-refractivity contribution is 9.13. The molecule has 2 N–H and O–H groups in total. The second-order valence-electron chi connectivity index (χ2n) is 3.38. The summed E-state index contributed by atoms with van der Waals surface area (Å²) in [5, 5.41) is 0. The van der Waals surface area contributed by atoms with Crippen molar-refractivity contribution in [1.29, 1.82) is 0 Å².